The Morgan fingerprint density at radius 3 is 2.63 bits per heavy atom. The molecule has 4 nitrogen and oxygen atoms in total. The Hall–Kier alpha value is -0.610. The Labute approximate surface area is 117 Å². The normalized spacial score (nSPS) is 34.8. The van der Waals surface area contributed by atoms with Gasteiger partial charge in [0.25, 0.3) is 0 Å². The molecule has 4 heteroatoms. The molecule has 0 radical (unpaired) electrons. The van der Waals surface area contributed by atoms with Crippen LogP contribution in [0.25, 0.3) is 0 Å². The molecule has 1 saturated carbocycles. The summed E-state index contributed by atoms with van der Waals surface area (Å²) >= 11 is 0. The molecule has 110 valence electrons. The lowest BCUT2D eigenvalue weighted by molar-refractivity contribution is -0.127. The first-order valence-corrected chi connectivity index (χ1v) is 7.84. The van der Waals surface area contributed by atoms with Crippen molar-refractivity contribution in [3.63, 3.8) is 0 Å². The first-order valence-electron chi connectivity index (χ1n) is 7.84. The van der Waals surface area contributed by atoms with E-state index in [1.165, 1.54) is 12.8 Å². The summed E-state index contributed by atoms with van der Waals surface area (Å²) in [6, 6.07) is 0.383. The second-order valence-electron chi connectivity index (χ2n) is 6.34. The zero-order valence-electron chi connectivity index (χ0n) is 12.6. The number of nitrogens with zero attached hydrogens (tertiary/aromatic N) is 1. The van der Waals surface area contributed by atoms with E-state index in [2.05, 4.69) is 29.4 Å². The van der Waals surface area contributed by atoms with Gasteiger partial charge in [0.1, 0.15) is 0 Å². The van der Waals surface area contributed by atoms with Crippen LogP contribution in [-0.4, -0.2) is 49.1 Å². The topological polar surface area (TPSA) is 44.4 Å². The molecule has 1 aliphatic heterocycles. The lowest BCUT2D eigenvalue weighted by Crippen LogP contribution is -2.55. The van der Waals surface area contributed by atoms with Crippen molar-refractivity contribution >= 4 is 5.91 Å². The number of hydrogen-bond acceptors (Lipinski definition) is 3. The Bertz CT molecular complexity index is 302. The summed E-state index contributed by atoms with van der Waals surface area (Å²) < 4.78 is 0. The van der Waals surface area contributed by atoms with Crippen LogP contribution in [0.1, 0.15) is 40.0 Å². The Morgan fingerprint density at radius 2 is 1.95 bits per heavy atom. The monoisotopic (exact) mass is 267 g/mol. The number of carbonyl (C=O) groups excluding carboxylic acids is 1. The standard InChI is InChI=1S/C15H29N3O/c1-11-5-4-6-14(12(11)2)17-15(19)13(3)18-9-7-16-8-10-18/h11-14,16H,4-10H2,1-3H3,(H,17,19). The average Bonchev–Trinajstić information content (AvgIpc) is 2.44. The van der Waals surface area contributed by atoms with Gasteiger partial charge >= 0.3 is 0 Å². The van der Waals surface area contributed by atoms with Crippen molar-refractivity contribution in [1.82, 2.24) is 15.5 Å². The van der Waals surface area contributed by atoms with Crippen LogP contribution in [-0.2, 0) is 4.79 Å². The minimum absolute atomic E-state index is 0.00605. The van der Waals surface area contributed by atoms with Crippen molar-refractivity contribution in [1.29, 1.82) is 0 Å². The fourth-order valence-electron chi connectivity index (χ4n) is 3.32. The van der Waals surface area contributed by atoms with Crippen LogP contribution in [0.4, 0.5) is 0 Å². The molecule has 2 N–H and O–H groups in total. The molecule has 4 unspecified atom stereocenters. The van der Waals surface area contributed by atoms with Gasteiger partial charge in [-0.1, -0.05) is 26.7 Å². The van der Waals surface area contributed by atoms with E-state index in [1.54, 1.807) is 0 Å². The zero-order valence-corrected chi connectivity index (χ0v) is 12.6. The lowest BCUT2D eigenvalue weighted by Gasteiger charge is -2.37. The summed E-state index contributed by atoms with van der Waals surface area (Å²) in [6.07, 6.45) is 3.70. The number of amides is 1. The number of carbonyl (C=O) groups is 1. The largest absolute Gasteiger partial charge is 0.352 e. The molecule has 2 aliphatic rings. The predicted octanol–water partition coefficient (Wildman–Crippen LogP) is 1.22. The fraction of sp³-hybridized carbons (Fsp3) is 0.933. The molecule has 0 aromatic rings. The van der Waals surface area contributed by atoms with Gasteiger partial charge in [-0.3, -0.25) is 9.69 Å². The quantitative estimate of drug-likeness (QED) is 0.808. The minimum Gasteiger partial charge on any atom is -0.352 e. The van der Waals surface area contributed by atoms with Crippen LogP contribution in [0.2, 0.25) is 0 Å². The third kappa shape index (κ3) is 3.69. The third-order valence-corrected chi connectivity index (χ3v) is 5.11. The molecule has 0 aromatic carbocycles. The van der Waals surface area contributed by atoms with Gasteiger partial charge in [0.2, 0.25) is 5.91 Å². The molecular weight excluding hydrogens is 238 g/mol. The summed E-state index contributed by atoms with van der Waals surface area (Å²) in [5, 5.41) is 6.62. The Balaban J connectivity index is 1.85. The van der Waals surface area contributed by atoms with E-state index in [1.807, 2.05) is 6.92 Å². The molecule has 0 spiro atoms. The Kier molecular flexibility index (Phi) is 5.22. The van der Waals surface area contributed by atoms with Crippen LogP contribution in [0, 0.1) is 11.8 Å². The van der Waals surface area contributed by atoms with Crippen molar-refractivity contribution in [3.05, 3.63) is 0 Å². The molecule has 0 aromatic heterocycles. The van der Waals surface area contributed by atoms with Crippen molar-refractivity contribution in [2.24, 2.45) is 11.8 Å². The van der Waals surface area contributed by atoms with Crippen LogP contribution >= 0.6 is 0 Å². The molecule has 1 heterocycles. The van der Waals surface area contributed by atoms with E-state index in [9.17, 15) is 4.79 Å². The van der Waals surface area contributed by atoms with Gasteiger partial charge in [0.05, 0.1) is 6.04 Å². The zero-order chi connectivity index (χ0) is 13.8. The second kappa shape index (κ2) is 6.71. The van der Waals surface area contributed by atoms with Gasteiger partial charge in [-0.15, -0.1) is 0 Å². The van der Waals surface area contributed by atoms with E-state index >= 15 is 0 Å². The number of nitrogens with one attached hydrogen (secondary N) is 2. The smallest absolute Gasteiger partial charge is 0.237 e. The summed E-state index contributed by atoms with van der Waals surface area (Å²) in [4.78, 5) is 14.7. The average molecular weight is 267 g/mol. The third-order valence-electron chi connectivity index (χ3n) is 5.11. The summed E-state index contributed by atoms with van der Waals surface area (Å²) in [6.45, 7) is 10.6. The van der Waals surface area contributed by atoms with Crippen molar-refractivity contribution in [3.8, 4) is 0 Å². The second-order valence-corrected chi connectivity index (χ2v) is 6.34. The van der Waals surface area contributed by atoms with Gasteiger partial charge in [0, 0.05) is 32.2 Å². The highest BCUT2D eigenvalue weighted by atomic mass is 16.2. The fourth-order valence-corrected chi connectivity index (χ4v) is 3.32. The van der Waals surface area contributed by atoms with Gasteiger partial charge in [-0.2, -0.15) is 0 Å². The SMILES string of the molecule is CC1CCCC(NC(=O)C(C)N2CCNCC2)C1C. The van der Waals surface area contributed by atoms with Gasteiger partial charge in [-0.25, -0.2) is 0 Å². The van der Waals surface area contributed by atoms with Crippen LogP contribution in [0.5, 0.6) is 0 Å². The van der Waals surface area contributed by atoms with E-state index in [0.29, 0.717) is 12.0 Å². The van der Waals surface area contributed by atoms with Crippen LogP contribution in [0.15, 0.2) is 0 Å². The number of hydrogen-bond donors (Lipinski definition) is 2. The highest BCUT2D eigenvalue weighted by Gasteiger charge is 2.30. The summed E-state index contributed by atoms with van der Waals surface area (Å²) in [5.74, 6) is 1.55. The summed E-state index contributed by atoms with van der Waals surface area (Å²) in [7, 11) is 0. The molecule has 1 aliphatic carbocycles. The van der Waals surface area contributed by atoms with Gasteiger partial charge in [-0.05, 0) is 25.2 Å². The van der Waals surface area contributed by atoms with Crippen molar-refractivity contribution < 1.29 is 4.79 Å². The molecule has 1 saturated heterocycles. The molecule has 0 bridgehead atoms. The first-order chi connectivity index (χ1) is 9.09. The molecular formula is C15H29N3O. The van der Waals surface area contributed by atoms with Gasteiger partial charge < -0.3 is 10.6 Å². The van der Waals surface area contributed by atoms with Crippen LogP contribution in [0.3, 0.4) is 0 Å². The maximum Gasteiger partial charge on any atom is 0.237 e. The molecule has 4 atom stereocenters. The van der Waals surface area contributed by atoms with E-state index in [-0.39, 0.29) is 11.9 Å². The molecule has 19 heavy (non-hydrogen) atoms. The predicted molar refractivity (Wildman–Crippen MR) is 78.0 cm³/mol. The van der Waals surface area contributed by atoms with E-state index in [0.717, 1.165) is 38.5 Å². The maximum absolute atomic E-state index is 12.4. The molecule has 2 fully saturated rings. The highest BCUT2D eigenvalue weighted by Crippen LogP contribution is 2.29. The minimum atomic E-state index is 0.00605. The highest BCUT2D eigenvalue weighted by molar-refractivity contribution is 5.81. The summed E-state index contributed by atoms with van der Waals surface area (Å²) in [5.41, 5.74) is 0. The van der Waals surface area contributed by atoms with E-state index in [4.69, 9.17) is 0 Å². The Morgan fingerprint density at radius 1 is 1.26 bits per heavy atom. The van der Waals surface area contributed by atoms with E-state index < -0.39 is 0 Å². The van der Waals surface area contributed by atoms with Crippen LogP contribution < -0.4 is 10.6 Å². The van der Waals surface area contributed by atoms with Crippen molar-refractivity contribution in [2.45, 2.75) is 52.1 Å². The number of rotatable bonds is 3. The maximum atomic E-state index is 12.4. The lowest BCUT2D eigenvalue weighted by atomic mass is 9.78. The number of piperazine rings is 1. The van der Waals surface area contributed by atoms with Crippen molar-refractivity contribution in [2.75, 3.05) is 26.2 Å². The molecule has 1 amide bonds. The first kappa shape index (κ1) is 14.8. The van der Waals surface area contributed by atoms with Gasteiger partial charge in [0.15, 0.2) is 0 Å². The molecule has 2 rings (SSSR count).